The number of ketones is 1. The molecule has 4 aromatic carbocycles. The molecule has 13 heteroatoms. The van der Waals surface area contributed by atoms with Crippen LogP contribution in [0.3, 0.4) is 0 Å². The molecule has 1 aliphatic heterocycles. The highest BCUT2D eigenvalue weighted by molar-refractivity contribution is 6.40. The fraction of sp³-hybridized carbons (Fsp3) is 0.0667. The second-order valence-electron chi connectivity index (χ2n) is 9.23. The molecule has 0 saturated carbocycles. The van der Waals surface area contributed by atoms with Crippen molar-refractivity contribution in [3.63, 3.8) is 0 Å². The summed E-state index contributed by atoms with van der Waals surface area (Å²) < 4.78 is 45.4. The smallest absolute Gasteiger partial charge is 0.416 e. The number of rotatable bonds is 7. The van der Waals surface area contributed by atoms with Crippen LogP contribution in [0.15, 0.2) is 91.0 Å². The number of hydrogen-bond acceptors (Lipinski definition) is 7. The molecule has 0 N–H and O–H groups in total. The number of imide groups is 1. The number of carbonyl (C=O) groups is 4. The van der Waals surface area contributed by atoms with E-state index >= 15 is 0 Å². The standard InChI is InChI=1S/C30H16ClF3N2O7/c31-23-13-9-19(30(32,33)34)15-24(23)35-27(38)21-12-8-18(14-22(21)28(35)39)29(40)43-26(25(37)16-4-2-1-3-5-16)17-6-10-20(11-7-17)36(41)42/h1-15,26H/t26-/m1/s1. The first kappa shape index (κ1) is 29.1. The highest BCUT2D eigenvalue weighted by atomic mass is 35.5. The number of nitrogens with zero attached hydrogens (tertiary/aromatic N) is 2. The number of fused-ring (bicyclic) bond motifs is 1. The maximum absolute atomic E-state index is 13.3. The molecule has 43 heavy (non-hydrogen) atoms. The van der Waals surface area contributed by atoms with Crippen LogP contribution < -0.4 is 4.90 Å². The van der Waals surface area contributed by atoms with Crippen LogP contribution in [-0.2, 0) is 10.9 Å². The molecule has 1 atom stereocenters. The van der Waals surface area contributed by atoms with Crippen molar-refractivity contribution in [3.8, 4) is 0 Å². The SMILES string of the molecule is O=C(O[C@@H](C(=O)c1ccccc1)c1ccc([N+](=O)[O-])cc1)c1ccc2c(c1)C(=O)N(c1cc(C(F)(F)F)ccc1Cl)C2=O. The van der Waals surface area contributed by atoms with Crippen LogP contribution in [0.25, 0.3) is 0 Å². The number of alkyl halides is 3. The summed E-state index contributed by atoms with van der Waals surface area (Å²) in [6.07, 6.45) is -6.31. The van der Waals surface area contributed by atoms with Crippen molar-refractivity contribution < 1.29 is 42.0 Å². The lowest BCUT2D eigenvalue weighted by atomic mass is 9.99. The fourth-order valence-electron chi connectivity index (χ4n) is 4.42. The van der Waals surface area contributed by atoms with Crippen LogP contribution in [0.5, 0.6) is 0 Å². The third-order valence-electron chi connectivity index (χ3n) is 6.56. The molecule has 0 unspecified atom stereocenters. The highest BCUT2D eigenvalue weighted by Gasteiger charge is 2.40. The molecule has 0 aliphatic carbocycles. The normalized spacial score (nSPS) is 13.4. The number of halogens is 4. The molecule has 0 bridgehead atoms. The minimum absolute atomic E-state index is 0.130. The lowest BCUT2D eigenvalue weighted by molar-refractivity contribution is -0.384. The molecule has 0 radical (unpaired) electrons. The summed E-state index contributed by atoms with van der Waals surface area (Å²) in [5.41, 5.74) is -2.30. The molecule has 5 rings (SSSR count). The predicted octanol–water partition coefficient (Wildman–Crippen LogP) is 6.85. The second-order valence-corrected chi connectivity index (χ2v) is 9.64. The maximum atomic E-state index is 13.3. The van der Waals surface area contributed by atoms with Crippen molar-refractivity contribution in [3.05, 3.63) is 140 Å². The van der Waals surface area contributed by atoms with Crippen molar-refractivity contribution in [2.24, 2.45) is 0 Å². The van der Waals surface area contributed by atoms with Gasteiger partial charge in [-0.05, 0) is 48.5 Å². The molecule has 0 aromatic heterocycles. The summed E-state index contributed by atoms with van der Waals surface area (Å²) in [5, 5.41) is 10.8. The Bertz CT molecular complexity index is 1810. The molecular weight excluding hydrogens is 593 g/mol. The third kappa shape index (κ3) is 5.60. The lowest BCUT2D eigenvalue weighted by Crippen LogP contribution is -2.30. The van der Waals surface area contributed by atoms with Crippen molar-refractivity contribution in [1.29, 1.82) is 0 Å². The monoisotopic (exact) mass is 608 g/mol. The van der Waals surface area contributed by atoms with Crippen LogP contribution >= 0.6 is 11.6 Å². The van der Waals surface area contributed by atoms with Gasteiger partial charge in [-0.25, -0.2) is 9.69 Å². The third-order valence-corrected chi connectivity index (χ3v) is 6.88. The number of anilines is 1. The largest absolute Gasteiger partial charge is 0.445 e. The quantitative estimate of drug-likeness (QED) is 0.0739. The molecule has 0 spiro atoms. The molecule has 0 saturated heterocycles. The van der Waals surface area contributed by atoms with Crippen LogP contribution in [0.4, 0.5) is 24.5 Å². The van der Waals surface area contributed by atoms with Gasteiger partial charge in [0.15, 0.2) is 6.10 Å². The zero-order valence-electron chi connectivity index (χ0n) is 21.5. The van der Waals surface area contributed by atoms with Gasteiger partial charge in [-0.1, -0.05) is 41.9 Å². The zero-order valence-corrected chi connectivity index (χ0v) is 22.3. The number of Topliss-reactive ketones (excluding diaryl/α,β-unsaturated/α-hetero) is 1. The Morgan fingerprint density at radius 3 is 2.12 bits per heavy atom. The van der Waals surface area contributed by atoms with Gasteiger partial charge in [-0.3, -0.25) is 24.5 Å². The van der Waals surface area contributed by atoms with E-state index in [-0.39, 0.29) is 38.5 Å². The Balaban J connectivity index is 1.47. The maximum Gasteiger partial charge on any atom is 0.416 e. The summed E-state index contributed by atoms with van der Waals surface area (Å²) in [6.45, 7) is 0. The van der Waals surface area contributed by atoms with Gasteiger partial charge >= 0.3 is 12.1 Å². The number of esters is 1. The van der Waals surface area contributed by atoms with E-state index in [0.717, 1.165) is 36.4 Å². The van der Waals surface area contributed by atoms with Gasteiger partial charge in [0.2, 0.25) is 5.78 Å². The van der Waals surface area contributed by atoms with E-state index in [9.17, 15) is 42.5 Å². The molecule has 9 nitrogen and oxygen atoms in total. The highest BCUT2D eigenvalue weighted by Crippen LogP contribution is 2.39. The summed E-state index contributed by atoms with van der Waals surface area (Å²) in [4.78, 5) is 63.8. The predicted molar refractivity (Wildman–Crippen MR) is 146 cm³/mol. The first-order chi connectivity index (χ1) is 20.4. The molecule has 1 heterocycles. The van der Waals surface area contributed by atoms with E-state index in [0.29, 0.717) is 17.0 Å². The van der Waals surface area contributed by atoms with E-state index in [2.05, 4.69) is 0 Å². The Hall–Kier alpha value is -5.36. The van der Waals surface area contributed by atoms with E-state index in [1.165, 1.54) is 24.3 Å². The van der Waals surface area contributed by atoms with Gasteiger partial charge in [0, 0.05) is 23.3 Å². The Labute approximate surface area is 245 Å². The van der Waals surface area contributed by atoms with E-state index in [1.807, 2.05) is 0 Å². The molecule has 216 valence electrons. The average Bonchev–Trinajstić information content (AvgIpc) is 3.24. The van der Waals surface area contributed by atoms with Gasteiger partial charge in [-0.2, -0.15) is 13.2 Å². The topological polar surface area (TPSA) is 124 Å². The summed E-state index contributed by atoms with van der Waals surface area (Å²) in [6, 6.07) is 18.1. The number of carbonyl (C=O) groups excluding carboxylic acids is 4. The number of non-ortho nitro benzene ring substituents is 1. The molecule has 1 aliphatic rings. The number of ether oxygens (including phenoxy) is 1. The molecule has 2 amide bonds. The van der Waals surface area contributed by atoms with Crippen molar-refractivity contribution in [2.45, 2.75) is 12.3 Å². The Morgan fingerprint density at radius 2 is 1.49 bits per heavy atom. The summed E-state index contributed by atoms with van der Waals surface area (Å²) >= 11 is 6.05. The number of benzene rings is 4. The van der Waals surface area contributed by atoms with Gasteiger partial charge < -0.3 is 4.74 Å². The number of nitro benzene ring substituents is 1. The van der Waals surface area contributed by atoms with Crippen LogP contribution in [-0.4, -0.2) is 28.5 Å². The first-order valence-corrected chi connectivity index (χ1v) is 12.7. The number of nitro groups is 1. The van der Waals surface area contributed by atoms with Crippen LogP contribution in [0.2, 0.25) is 5.02 Å². The van der Waals surface area contributed by atoms with Crippen LogP contribution in [0.1, 0.15) is 58.7 Å². The Morgan fingerprint density at radius 1 is 0.837 bits per heavy atom. The summed E-state index contributed by atoms with van der Waals surface area (Å²) in [7, 11) is 0. The number of hydrogen-bond donors (Lipinski definition) is 0. The van der Waals surface area contributed by atoms with Gasteiger partial charge in [0.05, 0.1) is 37.9 Å². The van der Waals surface area contributed by atoms with Gasteiger partial charge in [0.1, 0.15) is 0 Å². The van der Waals surface area contributed by atoms with Crippen LogP contribution in [0, 0.1) is 10.1 Å². The zero-order chi connectivity index (χ0) is 31.1. The molecular formula is C30H16ClF3N2O7. The second kappa shape index (κ2) is 11.1. The van der Waals surface area contributed by atoms with E-state index in [1.54, 1.807) is 18.2 Å². The fourth-order valence-corrected chi connectivity index (χ4v) is 4.62. The molecule has 4 aromatic rings. The first-order valence-electron chi connectivity index (χ1n) is 12.3. The average molecular weight is 609 g/mol. The minimum Gasteiger partial charge on any atom is -0.445 e. The van der Waals surface area contributed by atoms with Crippen molar-refractivity contribution in [2.75, 3.05) is 4.90 Å². The van der Waals surface area contributed by atoms with Crippen molar-refractivity contribution in [1.82, 2.24) is 0 Å². The van der Waals surface area contributed by atoms with E-state index < -0.39 is 52.0 Å². The van der Waals surface area contributed by atoms with Crippen molar-refractivity contribution >= 4 is 46.5 Å². The Kier molecular flexibility index (Phi) is 7.55. The number of amides is 2. The van der Waals surface area contributed by atoms with Gasteiger partial charge in [-0.15, -0.1) is 0 Å². The molecule has 0 fully saturated rings. The lowest BCUT2D eigenvalue weighted by Gasteiger charge is -2.18. The summed E-state index contributed by atoms with van der Waals surface area (Å²) in [5.74, 6) is -3.70. The minimum atomic E-state index is -4.77. The van der Waals surface area contributed by atoms with Gasteiger partial charge in [0.25, 0.3) is 17.5 Å². The van der Waals surface area contributed by atoms with E-state index in [4.69, 9.17) is 16.3 Å².